The summed E-state index contributed by atoms with van der Waals surface area (Å²) in [6.45, 7) is 4.51. The number of rotatable bonds is 6. The van der Waals surface area contributed by atoms with Crippen molar-refractivity contribution in [2.45, 2.75) is 26.7 Å². The van der Waals surface area contributed by atoms with Gasteiger partial charge in [0.15, 0.2) is 0 Å². The molecule has 2 bridgehead atoms. The molecule has 7 atom stereocenters. The molecule has 0 aromatic heterocycles. The Kier molecular flexibility index (Phi) is 5.44. The number of esters is 1. The molecule has 0 spiro atoms. The van der Waals surface area contributed by atoms with Crippen molar-refractivity contribution in [3.8, 4) is 11.5 Å². The summed E-state index contributed by atoms with van der Waals surface area (Å²) in [5.74, 6) is 0.538. The van der Waals surface area contributed by atoms with Gasteiger partial charge >= 0.3 is 5.97 Å². The predicted octanol–water partition coefficient (Wildman–Crippen LogP) is 3.91. The number of carbonyl (C=O) groups is 4. The minimum atomic E-state index is -0.594. The van der Waals surface area contributed by atoms with Gasteiger partial charge in [-0.15, -0.1) is 0 Å². The number of aryl methyl sites for hydroxylation is 1. The Bertz CT molecular complexity index is 1400. The SMILES string of the molecule is CCOc1ccc(N2C[C@H](C(=O)Oc3ccc(N4C(=O)[C@@H]5[C@H]6C=C[C@@H]([C@@H]7C[C@@H]67)[C@H]5C4=O)c(C)c3)CC2=O)cc1. The second kappa shape index (κ2) is 8.79. The maximum atomic E-state index is 13.5. The van der Waals surface area contributed by atoms with Crippen molar-refractivity contribution in [2.24, 2.45) is 41.4 Å². The molecule has 200 valence electrons. The van der Waals surface area contributed by atoms with E-state index in [1.807, 2.05) is 13.8 Å². The summed E-state index contributed by atoms with van der Waals surface area (Å²) in [5, 5.41) is 0. The van der Waals surface area contributed by atoms with Crippen LogP contribution in [0.5, 0.6) is 11.5 Å². The molecule has 0 unspecified atom stereocenters. The molecule has 4 aliphatic carbocycles. The van der Waals surface area contributed by atoms with E-state index in [0.717, 1.165) is 12.2 Å². The first-order valence-corrected chi connectivity index (χ1v) is 13.8. The first-order chi connectivity index (χ1) is 18.9. The topological polar surface area (TPSA) is 93.2 Å². The lowest BCUT2D eigenvalue weighted by Gasteiger charge is -2.37. The van der Waals surface area contributed by atoms with E-state index in [0.29, 0.717) is 41.1 Å². The summed E-state index contributed by atoms with van der Waals surface area (Å²) in [6.07, 6.45) is 5.52. The second-order valence-electron chi connectivity index (χ2n) is 11.4. The number of nitrogens with zero attached hydrogens (tertiary/aromatic N) is 2. The zero-order valence-electron chi connectivity index (χ0n) is 21.9. The molecule has 4 fully saturated rings. The summed E-state index contributed by atoms with van der Waals surface area (Å²) in [6, 6.07) is 12.2. The van der Waals surface area contributed by atoms with Gasteiger partial charge in [-0.05, 0) is 92.0 Å². The number of benzene rings is 2. The van der Waals surface area contributed by atoms with Gasteiger partial charge in [0.05, 0.1) is 30.0 Å². The second-order valence-corrected chi connectivity index (χ2v) is 11.4. The van der Waals surface area contributed by atoms with Crippen LogP contribution < -0.4 is 19.3 Å². The first kappa shape index (κ1) is 24.1. The number of imide groups is 1. The monoisotopic (exact) mass is 526 g/mol. The molecule has 3 amide bonds. The smallest absolute Gasteiger partial charge is 0.316 e. The molecule has 8 heteroatoms. The van der Waals surface area contributed by atoms with Crippen LogP contribution in [-0.2, 0) is 19.2 Å². The fourth-order valence-corrected chi connectivity index (χ4v) is 7.34. The molecule has 0 radical (unpaired) electrons. The van der Waals surface area contributed by atoms with Crippen molar-refractivity contribution >= 4 is 35.1 Å². The first-order valence-electron chi connectivity index (χ1n) is 13.8. The van der Waals surface area contributed by atoms with Crippen LogP contribution in [0.3, 0.4) is 0 Å². The number of anilines is 2. The van der Waals surface area contributed by atoms with Crippen LogP contribution in [0.4, 0.5) is 11.4 Å². The van der Waals surface area contributed by atoms with Gasteiger partial charge < -0.3 is 14.4 Å². The fraction of sp³-hybridized carbons (Fsp3) is 0.419. The third-order valence-corrected chi connectivity index (χ3v) is 9.21. The van der Waals surface area contributed by atoms with Crippen molar-refractivity contribution in [3.05, 3.63) is 60.2 Å². The van der Waals surface area contributed by atoms with Crippen molar-refractivity contribution in [3.63, 3.8) is 0 Å². The number of hydrogen-bond acceptors (Lipinski definition) is 6. The van der Waals surface area contributed by atoms with Crippen molar-refractivity contribution in [2.75, 3.05) is 23.0 Å². The number of allylic oxidation sites excluding steroid dienone is 2. The Morgan fingerprint density at radius 2 is 1.56 bits per heavy atom. The molecule has 2 aromatic rings. The Hall–Kier alpha value is -3.94. The zero-order valence-corrected chi connectivity index (χ0v) is 21.9. The maximum absolute atomic E-state index is 13.5. The molecule has 2 saturated carbocycles. The van der Waals surface area contributed by atoms with Crippen molar-refractivity contribution < 1.29 is 28.7 Å². The molecule has 8 nitrogen and oxygen atoms in total. The number of amides is 3. The van der Waals surface area contributed by atoms with Crippen LogP contribution in [0.25, 0.3) is 0 Å². The van der Waals surface area contributed by atoms with E-state index >= 15 is 0 Å². The van der Waals surface area contributed by atoms with Gasteiger partial charge in [-0.2, -0.15) is 0 Å². The van der Waals surface area contributed by atoms with Gasteiger partial charge in [-0.1, -0.05) is 12.2 Å². The van der Waals surface area contributed by atoms with Crippen LogP contribution in [0.15, 0.2) is 54.6 Å². The Labute approximate surface area is 226 Å². The van der Waals surface area contributed by atoms with Gasteiger partial charge in [0.2, 0.25) is 17.7 Å². The lowest BCUT2D eigenvalue weighted by molar-refractivity contribution is -0.139. The summed E-state index contributed by atoms with van der Waals surface area (Å²) < 4.78 is 11.1. The lowest BCUT2D eigenvalue weighted by atomic mass is 9.63. The van der Waals surface area contributed by atoms with Gasteiger partial charge in [-0.3, -0.25) is 19.2 Å². The minimum Gasteiger partial charge on any atom is -0.494 e. The number of carbonyl (C=O) groups excluding carboxylic acids is 4. The largest absolute Gasteiger partial charge is 0.494 e. The number of hydrogen-bond donors (Lipinski definition) is 0. The van der Waals surface area contributed by atoms with Crippen LogP contribution >= 0.6 is 0 Å². The Morgan fingerprint density at radius 1 is 0.923 bits per heavy atom. The molecule has 8 rings (SSSR count). The van der Waals surface area contributed by atoms with E-state index in [-0.39, 0.29) is 54.4 Å². The van der Waals surface area contributed by atoms with Crippen LogP contribution in [0.1, 0.15) is 25.3 Å². The highest BCUT2D eigenvalue weighted by Gasteiger charge is 2.67. The summed E-state index contributed by atoms with van der Waals surface area (Å²) >= 11 is 0. The van der Waals surface area contributed by atoms with E-state index in [2.05, 4.69) is 12.2 Å². The van der Waals surface area contributed by atoms with Crippen molar-refractivity contribution in [1.82, 2.24) is 0 Å². The van der Waals surface area contributed by atoms with E-state index in [1.165, 1.54) is 4.90 Å². The number of ether oxygens (including phenoxy) is 2. The van der Waals surface area contributed by atoms with Gasteiger partial charge in [0.1, 0.15) is 11.5 Å². The van der Waals surface area contributed by atoms with Crippen LogP contribution in [0.2, 0.25) is 0 Å². The van der Waals surface area contributed by atoms with Gasteiger partial charge in [-0.25, -0.2) is 4.90 Å². The normalized spacial score (nSPS) is 31.9. The van der Waals surface area contributed by atoms with Crippen LogP contribution in [-0.4, -0.2) is 36.8 Å². The molecule has 0 N–H and O–H groups in total. The highest BCUT2D eigenvalue weighted by atomic mass is 16.5. The summed E-state index contributed by atoms with van der Waals surface area (Å²) in [4.78, 5) is 55.5. The molecule has 2 heterocycles. The van der Waals surface area contributed by atoms with E-state index in [9.17, 15) is 19.2 Å². The van der Waals surface area contributed by atoms with Gasteiger partial charge in [0.25, 0.3) is 0 Å². The average Bonchev–Trinajstić information content (AvgIpc) is 3.61. The average molecular weight is 527 g/mol. The Balaban J connectivity index is 1.04. The lowest BCUT2D eigenvalue weighted by Crippen LogP contribution is -2.40. The molecule has 39 heavy (non-hydrogen) atoms. The van der Waals surface area contributed by atoms with Crippen LogP contribution in [0, 0.1) is 48.3 Å². The highest BCUT2D eigenvalue weighted by Crippen LogP contribution is 2.65. The summed E-state index contributed by atoms with van der Waals surface area (Å²) in [5.41, 5.74) is 1.94. The molecule has 2 aliphatic heterocycles. The van der Waals surface area contributed by atoms with Crippen molar-refractivity contribution in [1.29, 1.82) is 0 Å². The summed E-state index contributed by atoms with van der Waals surface area (Å²) in [7, 11) is 0. The Morgan fingerprint density at radius 3 is 2.18 bits per heavy atom. The van der Waals surface area contributed by atoms with E-state index < -0.39 is 11.9 Å². The third kappa shape index (κ3) is 3.72. The highest BCUT2D eigenvalue weighted by molar-refractivity contribution is 6.23. The standard InChI is InChI=1S/C31H30N2O6/c1-3-38-19-6-4-18(5-7-19)32-15-17(13-26(32)34)31(37)39-20-8-11-25(16(2)12-20)33-29(35)27-21-9-10-22(24-14-23(21)24)28(27)30(33)36/h4-12,17,21-24,27-28H,3,13-15H2,1-2H3/t17-,21+,22+,23+,24+,27-,28-/m1/s1. The van der Waals surface area contributed by atoms with E-state index in [4.69, 9.17) is 9.47 Å². The molecule has 2 saturated heterocycles. The zero-order chi connectivity index (χ0) is 27.0. The molecular formula is C31H30N2O6. The molecule has 6 aliphatic rings. The quantitative estimate of drug-likeness (QED) is 0.245. The molecular weight excluding hydrogens is 496 g/mol. The molecule has 2 aromatic carbocycles. The maximum Gasteiger partial charge on any atom is 0.316 e. The predicted molar refractivity (Wildman–Crippen MR) is 142 cm³/mol. The fourth-order valence-electron chi connectivity index (χ4n) is 7.34. The minimum absolute atomic E-state index is 0.0705. The van der Waals surface area contributed by atoms with E-state index in [1.54, 1.807) is 47.4 Å². The third-order valence-electron chi connectivity index (χ3n) is 9.21. The van der Waals surface area contributed by atoms with Gasteiger partial charge in [0, 0.05) is 18.7 Å².